The van der Waals surface area contributed by atoms with Crippen molar-refractivity contribution >= 4 is 23.4 Å². The number of nitrogens with one attached hydrogen (secondary N) is 2. The summed E-state index contributed by atoms with van der Waals surface area (Å²) in [5.74, 6) is 0.660. The van der Waals surface area contributed by atoms with Crippen LogP contribution < -0.4 is 15.4 Å². The molecule has 0 saturated carbocycles. The molecule has 4 rings (SSSR count). The second-order valence-corrected chi connectivity index (χ2v) is 8.80. The van der Waals surface area contributed by atoms with Crippen LogP contribution >= 0.6 is 0 Å². The molecule has 2 saturated heterocycles. The van der Waals surface area contributed by atoms with Crippen LogP contribution in [0.15, 0.2) is 54.6 Å². The number of benzene rings is 2. The van der Waals surface area contributed by atoms with Crippen molar-refractivity contribution in [2.75, 3.05) is 57.7 Å². The highest BCUT2D eigenvalue weighted by atomic mass is 16.5. The second kappa shape index (κ2) is 11.8. The van der Waals surface area contributed by atoms with E-state index >= 15 is 0 Å². The van der Waals surface area contributed by atoms with Crippen LogP contribution in [0.4, 0.5) is 5.69 Å². The molecule has 2 aliphatic rings. The van der Waals surface area contributed by atoms with Crippen LogP contribution in [0.3, 0.4) is 0 Å². The fraction of sp³-hybridized carbons (Fsp3) is 0.423. The third-order valence-corrected chi connectivity index (χ3v) is 6.42. The first kappa shape index (κ1) is 24.7. The fourth-order valence-electron chi connectivity index (χ4n) is 4.38. The van der Waals surface area contributed by atoms with Gasteiger partial charge in [-0.05, 0) is 42.9 Å². The predicted octanol–water partition coefficient (Wildman–Crippen LogP) is 1.77. The van der Waals surface area contributed by atoms with E-state index in [0.717, 1.165) is 38.5 Å². The second-order valence-electron chi connectivity index (χ2n) is 8.80. The van der Waals surface area contributed by atoms with E-state index in [1.165, 1.54) is 0 Å². The number of anilines is 1. The molecule has 2 aromatic carbocycles. The molecule has 35 heavy (non-hydrogen) atoms. The van der Waals surface area contributed by atoms with Gasteiger partial charge in [-0.25, -0.2) is 0 Å². The maximum Gasteiger partial charge on any atom is 0.243 e. The molecular weight excluding hydrogens is 446 g/mol. The Balaban J connectivity index is 1.31. The molecule has 2 fully saturated rings. The third-order valence-electron chi connectivity index (χ3n) is 6.42. The Kier molecular flexibility index (Phi) is 8.33. The van der Waals surface area contributed by atoms with E-state index in [-0.39, 0.29) is 30.7 Å². The highest BCUT2D eigenvalue weighted by Gasteiger charge is 2.35. The number of carbonyl (C=O) groups is 3. The van der Waals surface area contributed by atoms with Gasteiger partial charge in [-0.15, -0.1) is 0 Å². The third kappa shape index (κ3) is 6.80. The Labute approximate surface area is 206 Å². The summed E-state index contributed by atoms with van der Waals surface area (Å²) < 4.78 is 5.77. The first-order chi connectivity index (χ1) is 17.0. The molecule has 0 radical (unpaired) electrons. The lowest BCUT2D eigenvalue weighted by atomic mass is 10.1. The quantitative estimate of drug-likeness (QED) is 0.600. The van der Waals surface area contributed by atoms with Gasteiger partial charge in [0.05, 0.1) is 13.0 Å². The van der Waals surface area contributed by atoms with E-state index < -0.39 is 6.04 Å². The zero-order valence-corrected chi connectivity index (χ0v) is 20.1. The lowest BCUT2D eigenvalue weighted by Crippen LogP contribution is -2.60. The number of nitrogens with zero attached hydrogens (tertiary/aromatic N) is 3. The number of piperazine rings is 2. The zero-order chi connectivity index (χ0) is 24.6. The first-order valence-electron chi connectivity index (χ1n) is 12.2. The number of rotatable bonds is 8. The molecule has 2 heterocycles. The van der Waals surface area contributed by atoms with Gasteiger partial charge >= 0.3 is 0 Å². The van der Waals surface area contributed by atoms with E-state index in [2.05, 4.69) is 27.4 Å². The topological polar surface area (TPSA) is 94.2 Å². The zero-order valence-electron chi connectivity index (χ0n) is 20.1. The summed E-state index contributed by atoms with van der Waals surface area (Å²) in [5.41, 5.74) is 0.596. The van der Waals surface area contributed by atoms with E-state index in [9.17, 15) is 14.4 Å². The molecule has 0 aromatic heterocycles. The molecule has 3 amide bonds. The van der Waals surface area contributed by atoms with Crippen LogP contribution in [0.1, 0.15) is 13.3 Å². The van der Waals surface area contributed by atoms with Crippen LogP contribution in [-0.4, -0.2) is 90.8 Å². The molecule has 1 atom stereocenters. The van der Waals surface area contributed by atoms with Crippen LogP contribution in [0.5, 0.6) is 11.5 Å². The van der Waals surface area contributed by atoms with Gasteiger partial charge in [0, 0.05) is 45.0 Å². The van der Waals surface area contributed by atoms with Gasteiger partial charge in [0.25, 0.3) is 0 Å². The molecule has 186 valence electrons. The van der Waals surface area contributed by atoms with Gasteiger partial charge in [0.1, 0.15) is 17.5 Å². The van der Waals surface area contributed by atoms with Crippen molar-refractivity contribution in [3.63, 3.8) is 0 Å². The van der Waals surface area contributed by atoms with Crippen LogP contribution in [-0.2, 0) is 14.4 Å². The van der Waals surface area contributed by atoms with Crippen LogP contribution in [0.25, 0.3) is 0 Å². The number of hydrogen-bond acceptors (Lipinski definition) is 6. The largest absolute Gasteiger partial charge is 0.457 e. The van der Waals surface area contributed by atoms with Crippen molar-refractivity contribution in [1.82, 2.24) is 20.0 Å². The average molecular weight is 480 g/mol. The van der Waals surface area contributed by atoms with E-state index in [4.69, 9.17) is 4.74 Å². The summed E-state index contributed by atoms with van der Waals surface area (Å²) >= 11 is 0. The van der Waals surface area contributed by atoms with E-state index in [1.54, 1.807) is 29.2 Å². The lowest BCUT2D eigenvalue weighted by Gasteiger charge is -2.38. The lowest BCUT2D eigenvalue weighted by molar-refractivity contribution is -0.145. The number of likely N-dealkylation sites (N-methyl/N-ethyl adjacent to an activating group) is 1. The SMILES string of the molecule is CCN1CCN(CC(=O)N2CCNC(=O)[C@@H]2CC(=O)Nc2ccc(Oc3ccccc3)cc2)CC1. The predicted molar refractivity (Wildman–Crippen MR) is 133 cm³/mol. The van der Waals surface area contributed by atoms with Crippen molar-refractivity contribution in [3.8, 4) is 11.5 Å². The van der Waals surface area contributed by atoms with Crippen molar-refractivity contribution in [2.24, 2.45) is 0 Å². The Morgan fingerprint density at radius 3 is 2.29 bits per heavy atom. The minimum absolute atomic E-state index is 0.0938. The van der Waals surface area contributed by atoms with Gasteiger partial charge in [-0.2, -0.15) is 0 Å². The summed E-state index contributed by atoms with van der Waals surface area (Å²) in [6.07, 6.45) is -0.0938. The van der Waals surface area contributed by atoms with E-state index in [0.29, 0.717) is 24.5 Å². The van der Waals surface area contributed by atoms with Crippen molar-refractivity contribution in [3.05, 3.63) is 54.6 Å². The summed E-state index contributed by atoms with van der Waals surface area (Å²) in [5, 5.41) is 5.61. The minimum Gasteiger partial charge on any atom is -0.457 e. The average Bonchev–Trinajstić information content (AvgIpc) is 2.87. The van der Waals surface area contributed by atoms with Gasteiger partial charge in [-0.1, -0.05) is 25.1 Å². The maximum absolute atomic E-state index is 13.0. The van der Waals surface area contributed by atoms with Crippen molar-refractivity contribution in [2.45, 2.75) is 19.4 Å². The van der Waals surface area contributed by atoms with Crippen LogP contribution in [0, 0.1) is 0 Å². The number of ether oxygens (including phenoxy) is 1. The Morgan fingerprint density at radius 2 is 1.60 bits per heavy atom. The van der Waals surface area contributed by atoms with Crippen molar-refractivity contribution in [1.29, 1.82) is 0 Å². The molecular formula is C26H33N5O4. The molecule has 2 aliphatic heterocycles. The minimum atomic E-state index is -0.811. The number of carbonyl (C=O) groups excluding carboxylic acids is 3. The highest BCUT2D eigenvalue weighted by Crippen LogP contribution is 2.23. The Bertz CT molecular complexity index is 1010. The number of hydrogen-bond donors (Lipinski definition) is 2. The molecule has 2 aromatic rings. The molecule has 0 bridgehead atoms. The maximum atomic E-state index is 13.0. The van der Waals surface area contributed by atoms with Gasteiger partial charge < -0.3 is 25.2 Å². The number of para-hydroxylation sites is 1. The summed E-state index contributed by atoms with van der Waals surface area (Å²) in [4.78, 5) is 44.4. The summed E-state index contributed by atoms with van der Waals surface area (Å²) in [6.45, 7) is 7.74. The fourth-order valence-corrected chi connectivity index (χ4v) is 4.38. The standard InChI is InChI=1S/C26H33N5O4/c1-2-29-14-16-30(17-15-29)19-25(33)31-13-12-27-26(34)23(31)18-24(32)28-20-8-10-22(11-9-20)35-21-6-4-3-5-7-21/h3-11,23H,2,12-19H2,1H3,(H,27,34)(H,28,32)/t23-/m0/s1. The normalized spacial score (nSPS) is 19.2. The molecule has 0 aliphatic carbocycles. The Morgan fingerprint density at radius 1 is 0.943 bits per heavy atom. The van der Waals surface area contributed by atoms with Crippen LogP contribution in [0.2, 0.25) is 0 Å². The monoisotopic (exact) mass is 479 g/mol. The molecule has 9 nitrogen and oxygen atoms in total. The molecule has 0 unspecified atom stereocenters. The smallest absolute Gasteiger partial charge is 0.243 e. The number of amides is 3. The van der Waals surface area contributed by atoms with Gasteiger partial charge in [-0.3, -0.25) is 19.3 Å². The molecule has 0 spiro atoms. The summed E-state index contributed by atoms with van der Waals surface area (Å²) in [6, 6.07) is 15.7. The first-order valence-corrected chi connectivity index (χ1v) is 12.2. The molecule has 2 N–H and O–H groups in total. The van der Waals surface area contributed by atoms with Gasteiger partial charge in [0.15, 0.2) is 0 Å². The van der Waals surface area contributed by atoms with E-state index in [1.807, 2.05) is 30.3 Å². The molecule has 9 heteroatoms. The highest BCUT2D eigenvalue weighted by molar-refractivity contribution is 5.97. The summed E-state index contributed by atoms with van der Waals surface area (Å²) in [7, 11) is 0. The Hall–Kier alpha value is -3.43. The van der Waals surface area contributed by atoms with Gasteiger partial charge in [0.2, 0.25) is 17.7 Å². The van der Waals surface area contributed by atoms with Crippen molar-refractivity contribution < 1.29 is 19.1 Å².